The van der Waals surface area contributed by atoms with Crippen molar-refractivity contribution < 1.29 is 52.2 Å². The van der Waals surface area contributed by atoms with E-state index in [1.807, 2.05) is 0 Å². The lowest BCUT2D eigenvalue weighted by atomic mass is 10.2. The van der Waals surface area contributed by atoms with Gasteiger partial charge in [-0.05, 0) is 27.2 Å². The van der Waals surface area contributed by atoms with E-state index in [1.54, 1.807) is 20.8 Å². The first kappa shape index (κ1) is 37.6. The summed E-state index contributed by atoms with van der Waals surface area (Å²) in [6.45, 7) is 13.6. The summed E-state index contributed by atoms with van der Waals surface area (Å²) in [6.07, 6.45) is 0.841. The number of hydrogen-bond acceptors (Lipinski definition) is 12. The van der Waals surface area contributed by atoms with Gasteiger partial charge in [0.15, 0.2) is 0 Å². The summed E-state index contributed by atoms with van der Waals surface area (Å²) in [4.78, 5) is 23.3. The number of ether oxygens (including phenoxy) is 9. The fourth-order valence-electron chi connectivity index (χ4n) is 2.70. The van der Waals surface area contributed by atoms with Crippen molar-refractivity contribution in [2.24, 2.45) is 5.73 Å². The van der Waals surface area contributed by atoms with Gasteiger partial charge in [0, 0.05) is 19.6 Å². The first-order valence-corrected chi connectivity index (χ1v) is 13.7. The molecule has 0 atom stereocenters. The molecular formula is C26H52N2O11. The van der Waals surface area contributed by atoms with Gasteiger partial charge in [0.05, 0.1) is 99.1 Å². The molecule has 0 aliphatic rings. The van der Waals surface area contributed by atoms with E-state index >= 15 is 0 Å². The van der Waals surface area contributed by atoms with E-state index in [4.69, 9.17) is 48.4 Å². The van der Waals surface area contributed by atoms with Crippen LogP contribution >= 0.6 is 0 Å². The van der Waals surface area contributed by atoms with Gasteiger partial charge < -0.3 is 53.7 Å². The second-order valence-electron chi connectivity index (χ2n) is 9.15. The summed E-state index contributed by atoms with van der Waals surface area (Å²) in [5.74, 6) is -0.665. The molecule has 0 aliphatic carbocycles. The minimum atomic E-state index is -0.566. The Hall–Kier alpha value is -1.42. The smallest absolute Gasteiger partial charge is 0.325 e. The summed E-state index contributed by atoms with van der Waals surface area (Å²) in [6, 6.07) is 0. The van der Waals surface area contributed by atoms with Crippen molar-refractivity contribution in [2.75, 3.05) is 119 Å². The molecule has 0 bridgehead atoms. The van der Waals surface area contributed by atoms with Crippen molar-refractivity contribution in [3.63, 3.8) is 0 Å². The molecule has 0 saturated heterocycles. The molecule has 0 saturated carbocycles. The van der Waals surface area contributed by atoms with Crippen LogP contribution in [0.1, 0.15) is 33.6 Å². The van der Waals surface area contributed by atoms with Crippen LogP contribution in [0, 0.1) is 0 Å². The van der Waals surface area contributed by atoms with Crippen LogP contribution in [-0.4, -0.2) is 136 Å². The zero-order valence-electron chi connectivity index (χ0n) is 24.2. The monoisotopic (exact) mass is 568 g/mol. The van der Waals surface area contributed by atoms with E-state index in [-0.39, 0.29) is 18.9 Å². The van der Waals surface area contributed by atoms with Crippen molar-refractivity contribution >= 4 is 11.9 Å². The molecule has 0 rings (SSSR count). The normalized spacial score (nSPS) is 11.6. The maximum Gasteiger partial charge on any atom is 0.325 e. The standard InChI is InChI=1S/C26H52N2O11/c1-26(2,3)39-25(30)23-28-24(29)5-4-7-31-9-11-33-13-15-35-17-19-37-21-22-38-20-18-36-16-14-34-12-10-32-8-6-27/h4-23,27H2,1-3H3,(H,28,29). The summed E-state index contributed by atoms with van der Waals surface area (Å²) in [7, 11) is 0. The third-order valence-corrected chi connectivity index (χ3v) is 4.41. The van der Waals surface area contributed by atoms with Crippen LogP contribution in [0.4, 0.5) is 0 Å². The van der Waals surface area contributed by atoms with E-state index < -0.39 is 11.6 Å². The van der Waals surface area contributed by atoms with Crippen LogP contribution in [0.25, 0.3) is 0 Å². The predicted octanol–water partition coefficient (Wildman–Crippen LogP) is 0.316. The minimum absolute atomic E-state index is 0.130. The quantitative estimate of drug-likeness (QED) is 0.0943. The highest BCUT2D eigenvalue weighted by Gasteiger charge is 2.16. The predicted molar refractivity (Wildman–Crippen MR) is 144 cm³/mol. The first-order valence-electron chi connectivity index (χ1n) is 13.7. The van der Waals surface area contributed by atoms with E-state index in [0.29, 0.717) is 119 Å². The van der Waals surface area contributed by atoms with Gasteiger partial charge >= 0.3 is 5.97 Å². The van der Waals surface area contributed by atoms with Crippen molar-refractivity contribution in [1.82, 2.24) is 5.32 Å². The lowest BCUT2D eigenvalue weighted by molar-refractivity contribution is -0.154. The first-order chi connectivity index (χ1) is 18.8. The Kier molecular flexibility index (Phi) is 27.1. The molecule has 0 radical (unpaired) electrons. The maximum absolute atomic E-state index is 11.7. The van der Waals surface area contributed by atoms with Crippen LogP contribution in [-0.2, 0) is 52.2 Å². The van der Waals surface area contributed by atoms with Crippen LogP contribution in [0.15, 0.2) is 0 Å². The average Bonchev–Trinajstić information content (AvgIpc) is 2.88. The van der Waals surface area contributed by atoms with E-state index in [1.165, 1.54) is 0 Å². The summed E-state index contributed by atoms with van der Waals surface area (Å²) in [5.41, 5.74) is 4.75. The number of carbonyl (C=O) groups excluding carboxylic acids is 2. The number of rotatable bonds is 29. The van der Waals surface area contributed by atoms with Gasteiger partial charge in [-0.15, -0.1) is 0 Å². The molecule has 0 aromatic heterocycles. The van der Waals surface area contributed by atoms with Crippen LogP contribution < -0.4 is 11.1 Å². The topological polar surface area (TPSA) is 155 Å². The fraction of sp³-hybridized carbons (Fsp3) is 0.923. The Morgan fingerprint density at radius 3 is 1.23 bits per heavy atom. The maximum atomic E-state index is 11.7. The number of hydrogen-bond donors (Lipinski definition) is 2. The van der Waals surface area contributed by atoms with Crippen molar-refractivity contribution in [3.05, 3.63) is 0 Å². The Morgan fingerprint density at radius 1 is 0.564 bits per heavy atom. The number of esters is 1. The molecular weight excluding hydrogens is 516 g/mol. The molecule has 1 amide bonds. The zero-order chi connectivity index (χ0) is 28.9. The molecule has 0 spiro atoms. The average molecular weight is 569 g/mol. The van der Waals surface area contributed by atoms with E-state index in [0.717, 1.165) is 0 Å². The summed E-state index contributed by atoms with van der Waals surface area (Å²) < 4.78 is 48.2. The number of nitrogens with two attached hydrogens (primary N) is 1. The van der Waals surface area contributed by atoms with E-state index in [9.17, 15) is 9.59 Å². The van der Waals surface area contributed by atoms with Crippen LogP contribution in [0.5, 0.6) is 0 Å². The molecule has 0 heterocycles. The van der Waals surface area contributed by atoms with Crippen molar-refractivity contribution in [1.29, 1.82) is 0 Å². The van der Waals surface area contributed by atoms with Crippen molar-refractivity contribution in [2.45, 2.75) is 39.2 Å². The third-order valence-electron chi connectivity index (χ3n) is 4.41. The second kappa shape index (κ2) is 28.1. The Balaban J connectivity index is 3.18. The van der Waals surface area contributed by atoms with Crippen LogP contribution in [0.2, 0.25) is 0 Å². The van der Waals surface area contributed by atoms with Gasteiger partial charge in [-0.3, -0.25) is 9.59 Å². The number of nitrogens with one attached hydrogen (secondary N) is 1. The zero-order valence-corrected chi connectivity index (χ0v) is 24.2. The molecule has 0 unspecified atom stereocenters. The molecule has 0 aromatic carbocycles. The SMILES string of the molecule is CC(C)(C)OC(=O)CNC(=O)CCCOCCOCCOCCOCCOCCOCCOCCOCCN. The molecule has 13 nitrogen and oxygen atoms in total. The van der Waals surface area contributed by atoms with Gasteiger partial charge in [-0.25, -0.2) is 0 Å². The Labute approximate surface area is 233 Å². The molecule has 232 valence electrons. The van der Waals surface area contributed by atoms with Gasteiger partial charge in [-0.1, -0.05) is 0 Å². The lowest BCUT2D eigenvalue weighted by Gasteiger charge is -2.19. The minimum Gasteiger partial charge on any atom is -0.459 e. The highest BCUT2D eigenvalue weighted by atomic mass is 16.6. The lowest BCUT2D eigenvalue weighted by Crippen LogP contribution is -2.34. The molecule has 0 aliphatic heterocycles. The second-order valence-corrected chi connectivity index (χ2v) is 9.15. The van der Waals surface area contributed by atoms with Gasteiger partial charge in [0.25, 0.3) is 0 Å². The molecule has 0 aromatic rings. The number of amides is 1. The molecule has 3 N–H and O–H groups in total. The molecule has 39 heavy (non-hydrogen) atoms. The highest BCUT2D eigenvalue weighted by molar-refractivity contribution is 5.81. The summed E-state index contributed by atoms with van der Waals surface area (Å²) >= 11 is 0. The fourth-order valence-corrected chi connectivity index (χ4v) is 2.70. The van der Waals surface area contributed by atoms with Gasteiger partial charge in [0.2, 0.25) is 5.91 Å². The Morgan fingerprint density at radius 2 is 0.897 bits per heavy atom. The van der Waals surface area contributed by atoms with Crippen molar-refractivity contribution in [3.8, 4) is 0 Å². The Bertz CT molecular complexity index is 563. The third kappa shape index (κ3) is 32.7. The van der Waals surface area contributed by atoms with E-state index in [2.05, 4.69) is 5.32 Å². The largest absolute Gasteiger partial charge is 0.459 e. The van der Waals surface area contributed by atoms with Gasteiger partial charge in [-0.2, -0.15) is 0 Å². The van der Waals surface area contributed by atoms with Gasteiger partial charge in [0.1, 0.15) is 12.1 Å². The highest BCUT2D eigenvalue weighted by Crippen LogP contribution is 2.06. The van der Waals surface area contributed by atoms with Crippen LogP contribution in [0.3, 0.4) is 0 Å². The number of carbonyl (C=O) groups is 2. The molecule has 0 fully saturated rings. The molecule has 13 heteroatoms. The summed E-state index contributed by atoms with van der Waals surface area (Å²) in [5, 5.41) is 2.54.